The lowest BCUT2D eigenvalue weighted by Crippen LogP contribution is -2.33. The van der Waals surface area contributed by atoms with Crippen LogP contribution in [0.2, 0.25) is 0 Å². The van der Waals surface area contributed by atoms with Gasteiger partial charge in [0.1, 0.15) is 24.4 Å². The van der Waals surface area contributed by atoms with E-state index in [1.807, 2.05) is 0 Å². The number of nitrogens with two attached hydrogens (primary N) is 1. The summed E-state index contributed by atoms with van der Waals surface area (Å²) in [5.41, 5.74) is 4.62. The number of hydrogen-bond acceptors (Lipinski definition) is 15. The van der Waals surface area contributed by atoms with Gasteiger partial charge in [0.05, 0.1) is 26.1 Å². The molecule has 0 saturated carbocycles. The molecular formula is C14H24N5O16P3. The van der Waals surface area contributed by atoms with Crippen LogP contribution < -0.4 is 11.3 Å². The van der Waals surface area contributed by atoms with Crippen molar-refractivity contribution in [1.82, 2.24) is 19.5 Å². The van der Waals surface area contributed by atoms with Crippen LogP contribution in [0.25, 0.3) is 11.2 Å². The molecule has 24 heteroatoms. The standard InChI is InChI=1S/C14H24N5O16P3/c1-30-37(26,27)31-2-6(35-36(23,24)25)3-32-38(28,29)33-4-7-9(20)10(21)13(34-7)19-5-16-8-11(19)17-14(15)18-12(8)22/h5-7,9-10,13,20-21H,2-4H2,1H3,(H,26,27)(H,28,29)(H2,23,24,25)(H3,15,17,18,22)/t6?,7?,9-,10-,13?/m1/s1. The molecule has 3 heterocycles. The SMILES string of the molecule is COP(=O)(O)OCC(COP(=O)(O)OCC1OC(n2cnc3c(=O)[nH]c(N)nc32)[C@H](O)[C@@H]1O)OP(=O)(O)O. The number of aliphatic hydroxyl groups excluding tert-OH is 2. The molecule has 3 rings (SSSR count). The van der Waals surface area contributed by atoms with E-state index in [1.165, 1.54) is 0 Å². The number of nitrogens with one attached hydrogen (secondary N) is 1. The molecule has 0 spiro atoms. The molecule has 2 aromatic heterocycles. The Labute approximate surface area is 211 Å². The summed E-state index contributed by atoms with van der Waals surface area (Å²) in [6, 6.07) is 0. The summed E-state index contributed by atoms with van der Waals surface area (Å²) in [5, 5.41) is 20.7. The van der Waals surface area contributed by atoms with Gasteiger partial charge in [0.25, 0.3) is 5.56 Å². The van der Waals surface area contributed by atoms with E-state index >= 15 is 0 Å². The molecule has 9 N–H and O–H groups in total. The van der Waals surface area contributed by atoms with Crippen LogP contribution in [0, 0.1) is 0 Å². The zero-order valence-electron chi connectivity index (χ0n) is 19.1. The first kappa shape index (κ1) is 30.9. The lowest BCUT2D eigenvalue weighted by molar-refractivity contribution is -0.0526. The van der Waals surface area contributed by atoms with Gasteiger partial charge >= 0.3 is 23.5 Å². The highest BCUT2D eigenvalue weighted by molar-refractivity contribution is 7.47. The van der Waals surface area contributed by atoms with E-state index in [0.29, 0.717) is 0 Å². The Hall–Kier alpha value is -1.64. The second-order valence-electron chi connectivity index (χ2n) is 7.55. The van der Waals surface area contributed by atoms with Gasteiger partial charge in [0, 0.05) is 7.11 Å². The van der Waals surface area contributed by atoms with Crippen molar-refractivity contribution in [3.05, 3.63) is 16.7 Å². The van der Waals surface area contributed by atoms with Crippen LogP contribution in [0.1, 0.15) is 6.23 Å². The lowest BCUT2D eigenvalue weighted by Gasteiger charge is -2.21. The van der Waals surface area contributed by atoms with Gasteiger partial charge in [-0.3, -0.25) is 37.0 Å². The van der Waals surface area contributed by atoms with E-state index in [9.17, 15) is 38.5 Å². The minimum atomic E-state index is -5.20. The first-order chi connectivity index (χ1) is 17.5. The Kier molecular flexibility index (Phi) is 9.63. The fourth-order valence-corrected chi connectivity index (χ4v) is 4.88. The number of phosphoric acid groups is 3. The maximum atomic E-state index is 12.3. The molecule has 0 bridgehead atoms. The summed E-state index contributed by atoms with van der Waals surface area (Å²) >= 11 is 0. The number of fused-ring (bicyclic) bond motifs is 1. The van der Waals surface area contributed by atoms with Crippen molar-refractivity contribution >= 4 is 40.6 Å². The molecule has 0 aliphatic carbocycles. The predicted molar refractivity (Wildman–Crippen MR) is 120 cm³/mol. The summed E-state index contributed by atoms with van der Waals surface area (Å²) in [6.45, 7) is -2.93. The zero-order chi connectivity index (χ0) is 28.5. The Bertz CT molecular complexity index is 1330. The molecular weight excluding hydrogens is 587 g/mol. The van der Waals surface area contributed by atoms with Crippen molar-refractivity contribution in [1.29, 1.82) is 0 Å². The summed E-state index contributed by atoms with van der Waals surface area (Å²) in [4.78, 5) is 59.0. The molecule has 5 unspecified atom stereocenters. The van der Waals surface area contributed by atoms with Gasteiger partial charge in [0.2, 0.25) is 5.95 Å². The number of hydrogen-bond donors (Lipinski definition) is 8. The van der Waals surface area contributed by atoms with Crippen LogP contribution in [-0.4, -0.2) is 101 Å². The number of aromatic nitrogens is 4. The van der Waals surface area contributed by atoms with Crippen molar-refractivity contribution in [2.24, 2.45) is 0 Å². The number of phosphoric ester groups is 3. The lowest BCUT2D eigenvalue weighted by atomic mass is 10.1. The summed E-state index contributed by atoms with van der Waals surface area (Å²) < 4.78 is 63.5. The van der Waals surface area contributed by atoms with E-state index < -0.39 is 79.5 Å². The van der Waals surface area contributed by atoms with Crippen LogP contribution in [0.3, 0.4) is 0 Å². The number of imidazole rings is 1. The van der Waals surface area contributed by atoms with E-state index in [-0.39, 0.29) is 17.1 Å². The second kappa shape index (κ2) is 11.8. The van der Waals surface area contributed by atoms with E-state index in [1.54, 1.807) is 0 Å². The topological polar surface area (TPSA) is 318 Å². The molecule has 0 amide bonds. The minimum Gasteiger partial charge on any atom is -0.387 e. The largest absolute Gasteiger partial charge is 0.472 e. The number of aromatic amines is 1. The maximum Gasteiger partial charge on any atom is 0.472 e. The molecule has 38 heavy (non-hydrogen) atoms. The summed E-state index contributed by atoms with van der Waals surface area (Å²) in [7, 11) is -14.0. The van der Waals surface area contributed by atoms with E-state index in [2.05, 4.69) is 33.0 Å². The Morgan fingerprint density at radius 3 is 2.34 bits per heavy atom. The van der Waals surface area contributed by atoms with Gasteiger partial charge in [-0.15, -0.1) is 0 Å². The number of H-pyrrole nitrogens is 1. The van der Waals surface area contributed by atoms with Gasteiger partial charge in [-0.1, -0.05) is 0 Å². The zero-order valence-corrected chi connectivity index (χ0v) is 21.8. The molecule has 1 aliphatic heterocycles. The van der Waals surface area contributed by atoms with E-state index in [0.717, 1.165) is 18.0 Å². The van der Waals surface area contributed by atoms with Crippen molar-refractivity contribution < 1.29 is 70.8 Å². The van der Waals surface area contributed by atoms with Crippen molar-refractivity contribution in [2.75, 3.05) is 32.7 Å². The van der Waals surface area contributed by atoms with Gasteiger partial charge in [-0.25, -0.2) is 18.7 Å². The molecule has 0 radical (unpaired) electrons. The van der Waals surface area contributed by atoms with Crippen LogP contribution in [0.4, 0.5) is 5.95 Å². The Morgan fingerprint density at radius 2 is 1.74 bits per heavy atom. The molecule has 216 valence electrons. The maximum absolute atomic E-state index is 12.3. The Balaban J connectivity index is 1.63. The third-order valence-corrected chi connectivity index (χ3v) is 7.29. The highest BCUT2D eigenvalue weighted by Gasteiger charge is 2.45. The number of nitrogens with zero attached hydrogens (tertiary/aromatic N) is 3. The van der Waals surface area contributed by atoms with Gasteiger partial charge in [-0.05, 0) is 0 Å². The van der Waals surface area contributed by atoms with Crippen LogP contribution in [0.15, 0.2) is 11.1 Å². The quantitative estimate of drug-likeness (QED) is 0.110. The van der Waals surface area contributed by atoms with Crippen LogP contribution in [-0.2, 0) is 41.1 Å². The van der Waals surface area contributed by atoms with Crippen LogP contribution >= 0.6 is 23.5 Å². The van der Waals surface area contributed by atoms with Gasteiger partial charge < -0.3 is 40.3 Å². The average molecular weight is 611 g/mol. The number of ether oxygens (including phenoxy) is 1. The van der Waals surface area contributed by atoms with Gasteiger partial charge in [-0.2, -0.15) is 4.98 Å². The first-order valence-electron chi connectivity index (χ1n) is 10.1. The molecule has 1 fully saturated rings. The van der Waals surface area contributed by atoms with Gasteiger partial charge in [0.15, 0.2) is 17.4 Å². The predicted octanol–water partition coefficient (Wildman–Crippen LogP) is -2.30. The molecule has 21 nitrogen and oxygen atoms in total. The van der Waals surface area contributed by atoms with Crippen molar-refractivity contribution in [3.8, 4) is 0 Å². The smallest absolute Gasteiger partial charge is 0.387 e. The summed E-state index contributed by atoms with van der Waals surface area (Å²) in [5.74, 6) is -0.258. The highest BCUT2D eigenvalue weighted by atomic mass is 31.2. The molecule has 0 aromatic carbocycles. The average Bonchev–Trinajstić information content (AvgIpc) is 3.35. The third kappa shape index (κ3) is 7.95. The fourth-order valence-electron chi connectivity index (χ4n) is 3.14. The third-order valence-electron chi connectivity index (χ3n) is 4.83. The van der Waals surface area contributed by atoms with Crippen LogP contribution in [0.5, 0.6) is 0 Å². The van der Waals surface area contributed by atoms with Crippen molar-refractivity contribution in [2.45, 2.75) is 30.6 Å². The highest BCUT2D eigenvalue weighted by Crippen LogP contribution is 2.47. The van der Waals surface area contributed by atoms with Crippen molar-refractivity contribution in [3.63, 3.8) is 0 Å². The molecule has 1 saturated heterocycles. The molecule has 7 atom stereocenters. The minimum absolute atomic E-state index is 0.0838. The number of rotatable bonds is 13. The Morgan fingerprint density at radius 1 is 1.11 bits per heavy atom. The molecule has 2 aromatic rings. The number of anilines is 1. The normalized spacial score (nSPS) is 26.3. The second-order valence-corrected chi connectivity index (χ2v) is 11.8. The first-order valence-corrected chi connectivity index (χ1v) is 14.7. The monoisotopic (exact) mass is 611 g/mol. The summed E-state index contributed by atoms with van der Waals surface area (Å²) in [6.07, 6.45) is -6.87. The van der Waals surface area contributed by atoms with E-state index in [4.69, 9.17) is 24.8 Å². The number of nitrogen functional groups attached to an aromatic ring is 1. The number of aliphatic hydroxyl groups is 2. The fraction of sp³-hybridized carbons (Fsp3) is 0.643. The molecule has 1 aliphatic rings.